The molecular weight excluding hydrogens is 190 g/mol. The SMILES string of the molecule is CCNC(=O)CN(C)CC(CN)C(C)C. The third-order valence-electron chi connectivity index (χ3n) is 2.58. The van der Waals surface area contributed by atoms with Crippen LogP contribution in [0, 0.1) is 11.8 Å². The Hall–Kier alpha value is -0.610. The number of rotatable bonds is 7. The van der Waals surface area contributed by atoms with Crippen molar-refractivity contribution in [3.05, 3.63) is 0 Å². The molecule has 0 bridgehead atoms. The van der Waals surface area contributed by atoms with Crippen molar-refractivity contribution in [3.8, 4) is 0 Å². The summed E-state index contributed by atoms with van der Waals surface area (Å²) in [5, 5.41) is 2.79. The lowest BCUT2D eigenvalue weighted by atomic mass is 9.95. The van der Waals surface area contributed by atoms with Gasteiger partial charge in [-0.25, -0.2) is 0 Å². The van der Waals surface area contributed by atoms with Gasteiger partial charge in [-0.3, -0.25) is 9.69 Å². The number of nitrogens with zero attached hydrogens (tertiary/aromatic N) is 1. The first-order valence-electron chi connectivity index (χ1n) is 5.66. The lowest BCUT2D eigenvalue weighted by molar-refractivity contribution is -0.122. The fourth-order valence-electron chi connectivity index (χ4n) is 1.52. The summed E-state index contributed by atoms with van der Waals surface area (Å²) in [6.45, 7) is 8.96. The molecule has 1 amide bonds. The van der Waals surface area contributed by atoms with E-state index in [-0.39, 0.29) is 5.91 Å². The van der Waals surface area contributed by atoms with Gasteiger partial charge in [-0.15, -0.1) is 0 Å². The molecule has 90 valence electrons. The average molecular weight is 215 g/mol. The Bertz CT molecular complexity index is 183. The van der Waals surface area contributed by atoms with E-state index in [2.05, 4.69) is 19.2 Å². The fourth-order valence-corrected chi connectivity index (χ4v) is 1.52. The molecule has 0 aliphatic carbocycles. The molecule has 0 saturated carbocycles. The number of carbonyl (C=O) groups is 1. The van der Waals surface area contributed by atoms with Crippen LogP contribution >= 0.6 is 0 Å². The molecule has 0 aliphatic rings. The summed E-state index contributed by atoms with van der Waals surface area (Å²) in [6, 6.07) is 0. The van der Waals surface area contributed by atoms with Crippen LogP contribution in [0.1, 0.15) is 20.8 Å². The van der Waals surface area contributed by atoms with Gasteiger partial charge in [-0.05, 0) is 32.4 Å². The molecule has 0 aromatic carbocycles. The molecule has 0 fully saturated rings. The summed E-state index contributed by atoms with van der Waals surface area (Å²) in [7, 11) is 1.96. The Kier molecular flexibility index (Phi) is 7.34. The Morgan fingerprint density at radius 1 is 1.47 bits per heavy atom. The van der Waals surface area contributed by atoms with E-state index >= 15 is 0 Å². The van der Waals surface area contributed by atoms with E-state index in [0.717, 1.165) is 6.54 Å². The Balaban J connectivity index is 3.90. The second-order valence-corrected chi connectivity index (χ2v) is 4.39. The smallest absolute Gasteiger partial charge is 0.234 e. The largest absolute Gasteiger partial charge is 0.355 e. The van der Waals surface area contributed by atoms with E-state index in [0.29, 0.717) is 31.5 Å². The predicted octanol–water partition coefficient (Wildman–Crippen LogP) is 0.285. The number of nitrogens with one attached hydrogen (secondary N) is 1. The van der Waals surface area contributed by atoms with E-state index in [1.54, 1.807) is 0 Å². The van der Waals surface area contributed by atoms with Crippen LogP contribution in [-0.4, -0.2) is 44.0 Å². The Morgan fingerprint density at radius 2 is 2.07 bits per heavy atom. The van der Waals surface area contributed by atoms with E-state index in [1.807, 2.05) is 18.9 Å². The zero-order valence-electron chi connectivity index (χ0n) is 10.4. The first-order chi connectivity index (χ1) is 7.01. The standard InChI is InChI=1S/C11H25N3O/c1-5-13-11(15)8-14(4)7-10(6-12)9(2)3/h9-10H,5-8,12H2,1-4H3,(H,13,15). The number of nitrogens with two attached hydrogens (primary N) is 1. The fraction of sp³-hybridized carbons (Fsp3) is 0.909. The number of amides is 1. The van der Waals surface area contributed by atoms with Crippen LogP contribution in [0.3, 0.4) is 0 Å². The van der Waals surface area contributed by atoms with Crippen molar-refractivity contribution in [2.45, 2.75) is 20.8 Å². The van der Waals surface area contributed by atoms with Crippen molar-refractivity contribution in [1.82, 2.24) is 10.2 Å². The van der Waals surface area contributed by atoms with E-state index in [9.17, 15) is 4.79 Å². The number of likely N-dealkylation sites (N-methyl/N-ethyl adjacent to an activating group) is 2. The van der Waals surface area contributed by atoms with Crippen molar-refractivity contribution >= 4 is 5.91 Å². The zero-order chi connectivity index (χ0) is 11.8. The lowest BCUT2D eigenvalue weighted by Gasteiger charge is -2.25. The molecule has 0 aromatic heterocycles. The van der Waals surface area contributed by atoms with E-state index < -0.39 is 0 Å². The molecule has 1 atom stereocenters. The van der Waals surface area contributed by atoms with Crippen molar-refractivity contribution in [3.63, 3.8) is 0 Å². The van der Waals surface area contributed by atoms with Crippen LogP contribution in [0.15, 0.2) is 0 Å². The van der Waals surface area contributed by atoms with Crippen LogP contribution in [0.2, 0.25) is 0 Å². The van der Waals surface area contributed by atoms with Gasteiger partial charge in [0.05, 0.1) is 6.54 Å². The third kappa shape index (κ3) is 6.47. The van der Waals surface area contributed by atoms with Gasteiger partial charge < -0.3 is 11.1 Å². The monoisotopic (exact) mass is 215 g/mol. The topological polar surface area (TPSA) is 58.4 Å². The van der Waals surface area contributed by atoms with Crippen LogP contribution in [0.25, 0.3) is 0 Å². The molecule has 0 spiro atoms. The molecule has 4 nitrogen and oxygen atoms in total. The van der Waals surface area contributed by atoms with Crippen molar-refractivity contribution in [2.75, 3.05) is 33.2 Å². The summed E-state index contributed by atoms with van der Waals surface area (Å²) < 4.78 is 0. The van der Waals surface area contributed by atoms with Gasteiger partial charge in [0.1, 0.15) is 0 Å². The first kappa shape index (κ1) is 14.4. The minimum Gasteiger partial charge on any atom is -0.355 e. The Labute approximate surface area is 93.2 Å². The highest BCUT2D eigenvalue weighted by atomic mass is 16.1. The van der Waals surface area contributed by atoms with Gasteiger partial charge in [0.25, 0.3) is 0 Å². The van der Waals surface area contributed by atoms with Gasteiger partial charge in [0.2, 0.25) is 5.91 Å². The zero-order valence-corrected chi connectivity index (χ0v) is 10.4. The molecule has 3 N–H and O–H groups in total. The molecule has 0 radical (unpaired) electrons. The van der Waals surface area contributed by atoms with E-state index in [4.69, 9.17) is 5.73 Å². The van der Waals surface area contributed by atoms with Crippen LogP contribution in [-0.2, 0) is 4.79 Å². The molecular formula is C11H25N3O. The lowest BCUT2D eigenvalue weighted by Crippen LogP contribution is -2.39. The van der Waals surface area contributed by atoms with Gasteiger partial charge in [0, 0.05) is 13.1 Å². The predicted molar refractivity (Wildman–Crippen MR) is 63.6 cm³/mol. The highest BCUT2D eigenvalue weighted by molar-refractivity contribution is 5.77. The molecule has 15 heavy (non-hydrogen) atoms. The quantitative estimate of drug-likeness (QED) is 0.641. The van der Waals surface area contributed by atoms with E-state index in [1.165, 1.54) is 0 Å². The highest BCUT2D eigenvalue weighted by Gasteiger charge is 2.15. The van der Waals surface area contributed by atoms with Crippen LogP contribution in [0.4, 0.5) is 0 Å². The maximum atomic E-state index is 11.3. The van der Waals surface area contributed by atoms with Crippen LogP contribution in [0.5, 0.6) is 0 Å². The van der Waals surface area contributed by atoms with Gasteiger partial charge in [-0.1, -0.05) is 13.8 Å². The molecule has 1 unspecified atom stereocenters. The third-order valence-corrected chi connectivity index (χ3v) is 2.58. The summed E-state index contributed by atoms with van der Waals surface area (Å²) in [5.74, 6) is 1.11. The summed E-state index contributed by atoms with van der Waals surface area (Å²) in [4.78, 5) is 13.3. The van der Waals surface area contributed by atoms with Crippen molar-refractivity contribution in [1.29, 1.82) is 0 Å². The van der Waals surface area contributed by atoms with Crippen LogP contribution < -0.4 is 11.1 Å². The van der Waals surface area contributed by atoms with Gasteiger partial charge in [-0.2, -0.15) is 0 Å². The van der Waals surface area contributed by atoms with Crippen molar-refractivity contribution in [2.24, 2.45) is 17.6 Å². The second kappa shape index (κ2) is 7.65. The minimum atomic E-state index is 0.0829. The molecule has 0 aromatic rings. The molecule has 0 rings (SSSR count). The van der Waals surface area contributed by atoms with Gasteiger partial charge >= 0.3 is 0 Å². The van der Waals surface area contributed by atoms with Gasteiger partial charge in [0.15, 0.2) is 0 Å². The molecule has 4 heteroatoms. The molecule has 0 heterocycles. The normalized spacial score (nSPS) is 13.3. The summed E-state index contributed by atoms with van der Waals surface area (Å²) in [5.41, 5.74) is 5.68. The average Bonchev–Trinajstić information content (AvgIpc) is 2.13. The summed E-state index contributed by atoms with van der Waals surface area (Å²) >= 11 is 0. The number of hydrogen-bond donors (Lipinski definition) is 2. The maximum Gasteiger partial charge on any atom is 0.234 e. The highest BCUT2D eigenvalue weighted by Crippen LogP contribution is 2.09. The molecule has 0 saturated heterocycles. The summed E-state index contributed by atoms with van der Waals surface area (Å²) in [6.07, 6.45) is 0. The second-order valence-electron chi connectivity index (χ2n) is 4.39. The minimum absolute atomic E-state index is 0.0829. The maximum absolute atomic E-state index is 11.3. The van der Waals surface area contributed by atoms with Crippen molar-refractivity contribution < 1.29 is 4.79 Å². The first-order valence-corrected chi connectivity index (χ1v) is 5.66. The Morgan fingerprint density at radius 3 is 2.47 bits per heavy atom. The number of carbonyl (C=O) groups excluding carboxylic acids is 1. The number of hydrogen-bond acceptors (Lipinski definition) is 3. The molecule has 0 aliphatic heterocycles.